The highest BCUT2D eigenvalue weighted by molar-refractivity contribution is 5.00. The van der Waals surface area contributed by atoms with Crippen molar-refractivity contribution in [3.63, 3.8) is 0 Å². The molecule has 0 bridgehead atoms. The number of hydrogen-bond donors (Lipinski definition) is 1. The van der Waals surface area contributed by atoms with Gasteiger partial charge < -0.3 is 5.32 Å². The molecule has 0 saturated heterocycles. The fourth-order valence-corrected chi connectivity index (χ4v) is 2.95. The molecular formula is C14H25N3. The number of aromatic nitrogens is 2. The van der Waals surface area contributed by atoms with Crippen LogP contribution < -0.4 is 5.32 Å². The lowest BCUT2D eigenvalue weighted by atomic mass is 9.73. The predicted octanol–water partition coefficient (Wildman–Crippen LogP) is 2.92. The standard InChI is InChI=1S/C14H25N3/c1-5-15-12-6-8-14(3,4)10-13(12)17-9-7-11(2)16-17/h7,9,12-13,15H,5-6,8,10H2,1-4H3. The molecule has 0 radical (unpaired) electrons. The van der Waals surface area contributed by atoms with Gasteiger partial charge in [0.25, 0.3) is 0 Å². The van der Waals surface area contributed by atoms with Gasteiger partial charge in [-0.05, 0) is 44.2 Å². The molecule has 96 valence electrons. The SMILES string of the molecule is CCNC1CCC(C)(C)CC1n1ccc(C)n1. The fraction of sp³-hybridized carbons (Fsp3) is 0.786. The van der Waals surface area contributed by atoms with E-state index in [0.29, 0.717) is 17.5 Å². The number of nitrogens with zero attached hydrogens (tertiary/aromatic N) is 2. The first kappa shape index (κ1) is 12.6. The van der Waals surface area contributed by atoms with E-state index in [0.717, 1.165) is 12.2 Å². The van der Waals surface area contributed by atoms with Crippen molar-refractivity contribution in [2.45, 2.75) is 59.0 Å². The summed E-state index contributed by atoms with van der Waals surface area (Å²) < 4.78 is 2.17. The Morgan fingerprint density at radius 3 is 2.88 bits per heavy atom. The highest BCUT2D eigenvalue weighted by Gasteiger charge is 2.35. The van der Waals surface area contributed by atoms with Gasteiger partial charge in [0.1, 0.15) is 0 Å². The Morgan fingerprint density at radius 1 is 1.53 bits per heavy atom. The van der Waals surface area contributed by atoms with Crippen LogP contribution in [0, 0.1) is 12.3 Å². The molecule has 1 N–H and O–H groups in total. The largest absolute Gasteiger partial charge is 0.312 e. The van der Waals surface area contributed by atoms with Crippen molar-refractivity contribution in [1.82, 2.24) is 15.1 Å². The second kappa shape index (κ2) is 4.81. The van der Waals surface area contributed by atoms with E-state index in [-0.39, 0.29) is 0 Å². The van der Waals surface area contributed by atoms with E-state index in [9.17, 15) is 0 Å². The minimum Gasteiger partial charge on any atom is -0.312 e. The number of aryl methyl sites for hydroxylation is 1. The molecule has 1 aromatic rings. The lowest BCUT2D eigenvalue weighted by Gasteiger charge is -2.41. The van der Waals surface area contributed by atoms with E-state index in [1.54, 1.807) is 0 Å². The number of rotatable bonds is 3. The third-order valence-corrected chi connectivity index (χ3v) is 3.91. The molecule has 0 aromatic carbocycles. The van der Waals surface area contributed by atoms with Crippen molar-refractivity contribution < 1.29 is 0 Å². The van der Waals surface area contributed by atoms with Crippen molar-refractivity contribution in [3.05, 3.63) is 18.0 Å². The molecule has 3 nitrogen and oxygen atoms in total. The van der Waals surface area contributed by atoms with Crippen molar-refractivity contribution in [3.8, 4) is 0 Å². The van der Waals surface area contributed by atoms with Crippen LogP contribution in [0.15, 0.2) is 12.3 Å². The van der Waals surface area contributed by atoms with Crippen molar-refractivity contribution >= 4 is 0 Å². The molecule has 1 heterocycles. The van der Waals surface area contributed by atoms with E-state index < -0.39 is 0 Å². The smallest absolute Gasteiger partial charge is 0.0677 e. The fourth-order valence-electron chi connectivity index (χ4n) is 2.95. The van der Waals surface area contributed by atoms with Gasteiger partial charge in [-0.3, -0.25) is 4.68 Å². The summed E-state index contributed by atoms with van der Waals surface area (Å²) in [5.74, 6) is 0. The predicted molar refractivity (Wildman–Crippen MR) is 71.1 cm³/mol. The number of hydrogen-bond acceptors (Lipinski definition) is 2. The van der Waals surface area contributed by atoms with Gasteiger partial charge in [0, 0.05) is 12.2 Å². The summed E-state index contributed by atoms with van der Waals surface area (Å²) in [5.41, 5.74) is 1.56. The Morgan fingerprint density at radius 2 is 2.29 bits per heavy atom. The number of likely N-dealkylation sites (N-methyl/N-ethyl adjacent to an activating group) is 1. The third kappa shape index (κ3) is 2.89. The van der Waals surface area contributed by atoms with Crippen LogP contribution in [0.1, 0.15) is 51.8 Å². The summed E-state index contributed by atoms with van der Waals surface area (Å²) in [5, 5.41) is 8.23. The van der Waals surface area contributed by atoms with Gasteiger partial charge in [-0.15, -0.1) is 0 Å². The lowest BCUT2D eigenvalue weighted by molar-refractivity contribution is 0.135. The maximum atomic E-state index is 4.61. The Kier molecular flexibility index (Phi) is 3.57. The molecular weight excluding hydrogens is 210 g/mol. The van der Waals surface area contributed by atoms with Gasteiger partial charge in [-0.2, -0.15) is 5.10 Å². The zero-order chi connectivity index (χ0) is 12.5. The van der Waals surface area contributed by atoms with E-state index in [1.165, 1.54) is 19.3 Å². The molecule has 1 aliphatic rings. The van der Waals surface area contributed by atoms with Crippen molar-refractivity contribution in [2.24, 2.45) is 5.41 Å². The summed E-state index contributed by atoms with van der Waals surface area (Å²) >= 11 is 0. The monoisotopic (exact) mass is 235 g/mol. The second-order valence-electron chi connectivity index (χ2n) is 6.08. The average molecular weight is 235 g/mol. The second-order valence-corrected chi connectivity index (χ2v) is 6.08. The molecule has 1 saturated carbocycles. The van der Waals surface area contributed by atoms with Gasteiger partial charge >= 0.3 is 0 Å². The molecule has 1 fully saturated rings. The van der Waals surface area contributed by atoms with Crippen LogP contribution in [0.5, 0.6) is 0 Å². The molecule has 0 aliphatic heterocycles. The Hall–Kier alpha value is -0.830. The average Bonchev–Trinajstić information content (AvgIpc) is 2.67. The molecule has 2 atom stereocenters. The molecule has 1 aliphatic carbocycles. The maximum Gasteiger partial charge on any atom is 0.0677 e. The topological polar surface area (TPSA) is 29.9 Å². The first-order valence-electron chi connectivity index (χ1n) is 6.77. The Bertz CT molecular complexity index is 367. The highest BCUT2D eigenvalue weighted by atomic mass is 15.3. The minimum atomic E-state index is 0.441. The number of nitrogens with one attached hydrogen (secondary N) is 1. The van der Waals surface area contributed by atoms with Gasteiger partial charge in [0.05, 0.1) is 11.7 Å². The summed E-state index contributed by atoms with van der Waals surface area (Å²) in [6.07, 6.45) is 5.91. The molecule has 1 aromatic heterocycles. The van der Waals surface area contributed by atoms with Crippen LogP contribution in [-0.4, -0.2) is 22.4 Å². The summed E-state index contributed by atoms with van der Waals surface area (Å²) in [4.78, 5) is 0. The molecule has 0 amide bonds. The van der Waals surface area contributed by atoms with E-state index in [4.69, 9.17) is 0 Å². The first-order valence-corrected chi connectivity index (χ1v) is 6.77. The maximum absolute atomic E-state index is 4.61. The van der Waals surface area contributed by atoms with Crippen LogP contribution in [0.3, 0.4) is 0 Å². The summed E-state index contributed by atoms with van der Waals surface area (Å²) in [7, 11) is 0. The van der Waals surface area contributed by atoms with Crippen LogP contribution in [0.25, 0.3) is 0 Å². The Balaban J connectivity index is 2.18. The van der Waals surface area contributed by atoms with Crippen molar-refractivity contribution in [1.29, 1.82) is 0 Å². The minimum absolute atomic E-state index is 0.441. The lowest BCUT2D eigenvalue weighted by Crippen LogP contribution is -2.44. The molecule has 2 unspecified atom stereocenters. The summed E-state index contributed by atoms with van der Waals surface area (Å²) in [6, 6.07) is 3.18. The van der Waals surface area contributed by atoms with Crippen LogP contribution in [-0.2, 0) is 0 Å². The van der Waals surface area contributed by atoms with Crippen LogP contribution in [0.2, 0.25) is 0 Å². The van der Waals surface area contributed by atoms with Gasteiger partial charge in [-0.25, -0.2) is 0 Å². The first-order chi connectivity index (χ1) is 8.02. The van der Waals surface area contributed by atoms with E-state index in [1.807, 2.05) is 0 Å². The van der Waals surface area contributed by atoms with E-state index in [2.05, 4.69) is 55.1 Å². The van der Waals surface area contributed by atoms with Gasteiger partial charge in [0.2, 0.25) is 0 Å². The van der Waals surface area contributed by atoms with Gasteiger partial charge in [0.15, 0.2) is 0 Å². The third-order valence-electron chi connectivity index (χ3n) is 3.91. The summed E-state index contributed by atoms with van der Waals surface area (Å²) in [6.45, 7) is 10.0. The molecule has 3 heteroatoms. The zero-order valence-electron chi connectivity index (χ0n) is 11.5. The highest BCUT2D eigenvalue weighted by Crippen LogP contribution is 2.40. The molecule has 17 heavy (non-hydrogen) atoms. The zero-order valence-corrected chi connectivity index (χ0v) is 11.5. The normalized spacial score (nSPS) is 28.2. The van der Waals surface area contributed by atoms with Crippen LogP contribution in [0.4, 0.5) is 0 Å². The van der Waals surface area contributed by atoms with Crippen molar-refractivity contribution in [2.75, 3.05) is 6.54 Å². The van der Waals surface area contributed by atoms with E-state index >= 15 is 0 Å². The quantitative estimate of drug-likeness (QED) is 0.873. The van der Waals surface area contributed by atoms with Gasteiger partial charge in [-0.1, -0.05) is 20.8 Å². The van der Waals surface area contributed by atoms with Crippen LogP contribution >= 0.6 is 0 Å². The Labute approximate surface area is 105 Å². The molecule has 2 rings (SSSR count). The molecule has 0 spiro atoms.